The Bertz CT molecular complexity index is 922. The Kier molecular flexibility index (Phi) is 2.27. The predicted octanol–water partition coefficient (Wildman–Crippen LogP) is 5.80. The van der Waals surface area contributed by atoms with Crippen molar-refractivity contribution < 1.29 is 0 Å². The molecule has 0 aliphatic carbocycles. The molecular weight excluding hydrogens is 252 g/mol. The first-order valence-corrected chi connectivity index (χ1v) is 6.70. The number of fused-ring (bicyclic) bond motifs is 5. The second-order valence-corrected chi connectivity index (χ2v) is 5.25. The summed E-state index contributed by atoms with van der Waals surface area (Å²) in [6.45, 7) is 0. The van der Waals surface area contributed by atoms with Crippen LogP contribution in [0.2, 0.25) is 5.02 Å². The predicted molar refractivity (Wildman–Crippen MR) is 84.0 cm³/mol. The van der Waals surface area contributed by atoms with Crippen LogP contribution in [0.3, 0.4) is 0 Å². The highest BCUT2D eigenvalue weighted by atomic mass is 35.5. The van der Waals surface area contributed by atoms with Crippen LogP contribution < -0.4 is 0 Å². The molecule has 0 saturated carbocycles. The Labute approximate surface area is 116 Å². The lowest BCUT2D eigenvalue weighted by Gasteiger charge is -2.07. The Morgan fingerprint density at radius 1 is 0.526 bits per heavy atom. The van der Waals surface area contributed by atoms with Gasteiger partial charge in [0.2, 0.25) is 0 Å². The average molecular weight is 263 g/mol. The van der Waals surface area contributed by atoms with Gasteiger partial charge in [0.15, 0.2) is 0 Å². The molecule has 4 rings (SSSR count). The Balaban J connectivity index is 2.28. The topological polar surface area (TPSA) is 0 Å². The Morgan fingerprint density at radius 3 is 2.00 bits per heavy atom. The second kappa shape index (κ2) is 3.97. The third kappa shape index (κ3) is 1.61. The van der Waals surface area contributed by atoms with Crippen LogP contribution in [-0.2, 0) is 0 Å². The van der Waals surface area contributed by atoms with Crippen molar-refractivity contribution in [2.75, 3.05) is 0 Å². The number of rotatable bonds is 0. The summed E-state index contributed by atoms with van der Waals surface area (Å²) >= 11 is 6.14. The highest BCUT2D eigenvalue weighted by Gasteiger charge is 2.04. The first-order chi connectivity index (χ1) is 9.33. The summed E-state index contributed by atoms with van der Waals surface area (Å²) in [4.78, 5) is 0. The minimum absolute atomic E-state index is 0.785. The summed E-state index contributed by atoms with van der Waals surface area (Å²) in [5.41, 5.74) is 0. The largest absolute Gasteiger partial charge is 0.0843 e. The summed E-state index contributed by atoms with van der Waals surface area (Å²) in [5.74, 6) is 0. The van der Waals surface area contributed by atoms with Crippen LogP contribution >= 0.6 is 11.6 Å². The zero-order valence-electron chi connectivity index (χ0n) is 10.2. The van der Waals surface area contributed by atoms with Crippen LogP contribution in [0.5, 0.6) is 0 Å². The highest BCUT2D eigenvalue weighted by molar-refractivity contribution is 6.32. The van der Waals surface area contributed by atoms with Gasteiger partial charge in [-0.05, 0) is 44.5 Å². The highest BCUT2D eigenvalue weighted by Crippen LogP contribution is 2.32. The van der Waals surface area contributed by atoms with Crippen LogP contribution in [0.4, 0.5) is 0 Å². The lowest BCUT2D eigenvalue weighted by atomic mass is 9.97. The third-order valence-electron chi connectivity index (χ3n) is 3.71. The van der Waals surface area contributed by atoms with Gasteiger partial charge in [0, 0.05) is 5.02 Å². The monoisotopic (exact) mass is 262 g/mol. The smallest absolute Gasteiger partial charge is 0.0412 e. The van der Waals surface area contributed by atoms with Crippen molar-refractivity contribution in [1.29, 1.82) is 0 Å². The normalized spacial score (nSPS) is 11.4. The molecule has 90 valence electrons. The summed E-state index contributed by atoms with van der Waals surface area (Å²) in [7, 11) is 0. The molecule has 0 atom stereocenters. The van der Waals surface area contributed by atoms with E-state index in [2.05, 4.69) is 54.6 Å². The molecule has 0 nitrogen and oxygen atoms in total. The molecule has 0 N–H and O–H groups in total. The van der Waals surface area contributed by atoms with Crippen molar-refractivity contribution in [3.63, 3.8) is 0 Å². The van der Waals surface area contributed by atoms with Crippen molar-refractivity contribution in [2.24, 2.45) is 0 Å². The van der Waals surface area contributed by atoms with Gasteiger partial charge in [0.25, 0.3) is 0 Å². The first-order valence-electron chi connectivity index (χ1n) is 6.33. The second-order valence-electron chi connectivity index (χ2n) is 4.81. The van der Waals surface area contributed by atoms with Crippen LogP contribution in [-0.4, -0.2) is 0 Å². The molecule has 0 fully saturated rings. The van der Waals surface area contributed by atoms with Gasteiger partial charge in [-0.25, -0.2) is 0 Å². The fourth-order valence-corrected chi connectivity index (χ4v) is 2.96. The molecule has 4 aromatic rings. The van der Waals surface area contributed by atoms with Crippen molar-refractivity contribution >= 4 is 43.9 Å². The maximum absolute atomic E-state index is 6.14. The first kappa shape index (κ1) is 10.8. The maximum Gasteiger partial charge on any atom is 0.0412 e. The van der Waals surface area contributed by atoms with E-state index in [9.17, 15) is 0 Å². The minimum Gasteiger partial charge on any atom is -0.0843 e. The molecule has 1 heteroatoms. The molecule has 0 unspecified atom stereocenters. The van der Waals surface area contributed by atoms with E-state index in [1.54, 1.807) is 0 Å². The third-order valence-corrected chi connectivity index (χ3v) is 3.94. The molecule has 4 aromatic carbocycles. The van der Waals surface area contributed by atoms with Gasteiger partial charge in [-0.2, -0.15) is 0 Å². The standard InChI is InChI=1S/C18H11Cl/c19-14-8-5-13-7-9-16-15-4-2-1-3-12(15)6-10-17(16)18(13)11-14/h1-11H. The zero-order chi connectivity index (χ0) is 12.8. The van der Waals surface area contributed by atoms with Gasteiger partial charge in [-0.15, -0.1) is 0 Å². The van der Waals surface area contributed by atoms with Gasteiger partial charge in [0.1, 0.15) is 0 Å². The minimum atomic E-state index is 0.785. The quantitative estimate of drug-likeness (QED) is 0.351. The molecule has 0 aliphatic rings. The van der Waals surface area contributed by atoms with Gasteiger partial charge in [-0.3, -0.25) is 0 Å². The van der Waals surface area contributed by atoms with Crippen LogP contribution in [0.1, 0.15) is 0 Å². The molecule has 0 radical (unpaired) electrons. The summed E-state index contributed by atoms with van der Waals surface area (Å²) in [6.07, 6.45) is 0. The molecule has 0 bridgehead atoms. The van der Waals surface area contributed by atoms with Crippen molar-refractivity contribution in [3.05, 3.63) is 71.8 Å². The fourth-order valence-electron chi connectivity index (χ4n) is 2.79. The van der Waals surface area contributed by atoms with E-state index in [0.29, 0.717) is 0 Å². The molecule has 0 aliphatic heterocycles. The van der Waals surface area contributed by atoms with Crippen molar-refractivity contribution in [1.82, 2.24) is 0 Å². The average Bonchev–Trinajstić information content (AvgIpc) is 2.46. The van der Waals surface area contributed by atoms with E-state index in [-0.39, 0.29) is 0 Å². The molecule has 0 saturated heterocycles. The number of halogens is 1. The number of hydrogen-bond donors (Lipinski definition) is 0. The van der Waals surface area contributed by atoms with E-state index in [1.807, 2.05) is 12.1 Å². The molecule has 0 amide bonds. The molecule has 0 spiro atoms. The van der Waals surface area contributed by atoms with Gasteiger partial charge in [-0.1, -0.05) is 66.2 Å². The maximum atomic E-state index is 6.14. The molecule has 0 heterocycles. The van der Waals surface area contributed by atoms with Crippen molar-refractivity contribution in [2.45, 2.75) is 0 Å². The summed E-state index contributed by atoms with van der Waals surface area (Å²) < 4.78 is 0. The van der Waals surface area contributed by atoms with E-state index in [4.69, 9.17) is 11.6 Å². The lowest BCUT2D eigenvalue weighted by molar-refractivity contribution is 1.77. The SMILES string of the molecule is Clc1ccc2ccc3c4ccccc4ccc3c2c1. The number of hydrogen-bond acceptors (Lipinski definition) is 0. The van der Waals surface area contributed by atoms with E-state index < -0.39 is 0 Å². The van der Waals surface area contributed by atoms with Gasteiger partial charge >= 0.3 is 0 Å². The molecule has 0 aromatic heterocycles. The molecule has 19 heavy (non-hydrogen) atoms. The van der Waals surface area contributed by atoms with E-state index >= 15 is 0 Å². The van der Waals surface area contributed by atoms with Gasteiger partial charge < -0.3 is 0 Å². The van der Waals surface area contributed by atoms with Crippen LogP contribution in [0.15, 0.2) is 66.7 Å². The van der Waals surface area contributed by atoms with Crippen LogP contribution in [0, 0.1) is 0 Å². The fraction of sp³-hybridized carbons (Fsp3) is 0. The van der Waals surface area contributed by atoms with Crippen LogP contribution in [0.25, 0.3) is 32.3 Å². The van der Waals surface area contributed by atoms with Crippen molar-refractivity contribution in [3.8, 4) is 0 Å². The summed E-state index contributed by atoms with van der Waals surface area (Å²) in [5, 5.41) is 8.35. The Hall–Kier alpha value is -2.05. The Morgan fingerprint density at radius 2 is 1.16 bits per heavy atom. The van der Waals surface area contributed by atoms with E-state index in [0.717, 1.165) is 5.02 Å². The van der Waals surface area contributed by atoms with E-state index in [1.165, 1.54) is 32.3 Å². The summed E-state index contributed by atoms with van der Waals surface area (Å²) in [6, 6.07) is 23.3. The zero-order valence-corrected chi connectivity index (χ0v) is 11.0. The molecular formula is C18H11Cl. The lowest BCUT2D eigenvalue weighted by Crippen LogP contribution is -1.80. The number of benzene rings is 4. The van der Waals surface area contributed by atoms with Gasteiger partial charge in [0.05, 0.1) is 0 Å².